The third-order valence-electron chi connectivity index (χ3n) is 3.54. The predicted molar refractivity (Wildman–Crippen MR) is 82.4 cm³/mol. The summed E-state index contributed by atoms with van der Waals surface area (Å²) in [6, 6.07) is 6.42. The highest BCUT2D eigenvalue weighted by Gasteiger charge is 2.12. The molecule has 1 aromatic heterocycles. The molecule has 0 unspecified atom stereocenters. The maximum atomic E-state index is 5.62. The molecule has 0 atom stereocenters. The summed E-state index contributed by atoms with van der Waals surface area (Å²) in [7, 11) is 2.08. The Morgan fingerprint density at radius 3 is 2.68 bits per heavy atom. The first-order valence-corrected chi connectivity index (χ1v) is 7.28. The molecular formula is C15H20BrN3. The molecule has 102 valence electrons. The van der Waals surface area contributed by atoms with Crippen molar-refractivity contribution in [1.29, 1.82) is 0 Å². The lowest BCUT2D eigenvalue weighted by molar-refractivity contribution is 0.749. The fourth-order valence-electron chi connectivity index (χ4n) is 2.37. The lowest BCUT2D eigenvalue weighted by Crippen LogP contribution is -2.09. The Morgan fingerprint density at radius 2 is 2.05 bits per heavy atom. The van der Waals surface area contributed by atoms with Gasteiger partial charge in [-0.15, -0.1) is 0 Å². The molecule has 0 aliphatic heterocycles. The van der Waals surface area contributed by atoms with Gasteiger partial charge in [0.15, 0.2) is 0 Å². The smallest absolute Gasteiger partial charge is 0.110 e. The molecule has 1 heterocycles. The van der Waals surface area contributed by atoms with E-state index < -0.39 is 0 Å². The summed E-state index contributed by atoms with van der Waals surface area (Å²) in [5.41, 5.74) is 10.6. The molecule has 2 N–H and O–H groups in total. The summed E-state index contributed by atoms with van der Waals surface area (Å²) in [5.74, 6) is 1.07. The van der Waals surface area contributed by atoms with Gasteiger partial charge in [-0.05, 0) is 43.7 Å². The summed E-state index contributed by atoms with van der Waals surface area (Å²) < 4.78 is 3.31. The number of imidazole rings is 1. The Balaban J connectivity index is 2.33. The minimum absolute atomic E-state index is 0.640. The molecule has 0 saturated carbocycles. The zero-order valence-electron chi connectivity index (χ0n) is 11.7. The van der Waals surface area contributed by atoms with E-state index in [-0.39, 0.29) is 0 Å². The Bertz CT molecular complexity index is 587. The summed E-state index contributed by atoms with van der Waals surface area (Å²) in [4.78, 5) is 4.62. The predicted octanol–water partition coefficient (Wildman–Crippen LogP) is 2.89. The maximum Gasteiger partial charge on any atom is 0.110 e. The van der Waals surface area contributed by atoms with E-state index >= 15 is 0 Å². The molecule has 0 saturated heterocycles. The molecule has 0 fully saturated rings. The average Bonchev–Trinajstić information content (AvgIpc) is 2.60. The minimum atomic E-state index is 0.640. The van der Waals surface area contributed by atoms with Crippen molar-refractivity contribution < 1.29 is 0 Å². The number of halogens is 1. The highest BCUT2D eigenvalue weighted by atomic mass is 79.9. The normalized spacial score (nSPS) is 11.0. The fraction of sp³-hybridized carbons (Fsp3) is 0.400. The van der Waals surface area contributed by atoms with Crippen molar-refractivity contribution in [2.24, 2.45) is 12.8 Å². The quantitative estimate of drug-likeness (QED) is 0.941. The Labute approximate surface area is 123 Å². The van der Waals surface area contributed by atoms with E-state index in [2.05, 4.69) is 64.6 Å². The van der Waals surface area contributed by atoms with Crippen molar-refractivity contribution in [3.05, 3.63) is 51.0 Å². The molecule has 0 aliphatic rings. The monoisotopic (exact) mass is 321 g/mol. The topological polar surface area (TPSA) is 43.8 Å². The molecule has 1 aromatic carbocycles. The third kappa shape index (κ3) is 3.07. The second-order valence-electron chi connectivity index (χ2n) is 4.91. The van der Waals surface area contributed by atoms with Crippen molar-refractivity contribution in [2.75, 3.05) is 6.54 Å². The van der Waals surface area contributed by atoms with Gasteiger partial charge >= 0.3 is 0 Å². The van der Waals surface area contributed by atoms with Crippen molar-refractivity contribution >= 4 is 15.9 Å². The third-order valence-corrected chi connectivity index (χ3v) is 4.03. The van der Waals surface area contributed by atoms with E-state index in [0.717, 1.165) is 28.8 Å². The van der Waals surface area contributed by atoms with Crippen LogP contribution in [0.3, 0.4) is 0 Å². The lowest BCUT2D eigenvalue weighted by Gasteiger charge is -2.09. The van der Waals surface area contributed by atoms with Crippen molar-refractivity contribution in [3.8, 4) is 0 Å². The van der Waals surface area contributed by atoms with Crippen LogP contribution in [0.5, 0.6) is 0 Å². The van der Waals surface area contributed by atoms with Crippen molar-refractivity contribution in [3.63, 3.8) is 0 Å². The molecule has 19 heavy (non-hydrogen) atoms. The first-order valence-electron chi connectivity index (χ1n) is 6.49. The van der Waals surface area contributed by atoms with Crippen LogP contribution in [-0.2, 0) is 19.9 Å². The molecule has 2 rings (SSSR count). The van der Waals surface area contributed by atoms with Crippen LogP contribution in [-0.4, -0.2) is 16.1 Å². The van der Waals surface area contributed by atoms with Crippen molar-refractivity contribution in [2.45, 2.75) is 26.7 Å². The van der Waals surface area contributed by atoms with E-state index in [1.54, 1.807) is 0 Å². The minimum Gasteiger partial charge on any atom is -0.334 e. The number of hydrogen-bond donors (Lipinski definition) is 1. The summed E-state index contributed by atoms with van der Waals surface area (Å²) >= 11 is 3.50. The van der Waals surface area contributed by atoms with Crippen LogP contribution < -0.4 is 5.73 Å². The van der Waals surface area contributed by atoms with E-state index in [9.17, 15) is 0 Å². The number of hydrogen-bond acceptors (Lipinski definition) is 2. The van der Waals surface area contributed by atoms with Gasteiger partial charge in [0.05, 0.1) is 5.69 Å². The van der Waals surface area contributed by atoms with Gasteiger partial charge in [0.25, 0.3) is 0 Å². The SMILES string of the molecule is Cc1cc(Br)ccc1Cc1c(C)nc(CCN)n1C. The highest BCUT2D eigenvalue weighted by molar-refractivity contribution is 9.10. The summed E-state index contributed by atoms with van der Waals surface area (Å²) in [6.07, 6.45) is 1.75. The van der Waals surface area contributed by atoms with Crippen LogP contribution in [0.2, 0.25) is 0 Å². The van der Waals surface area contributed by atoms with Crippen LogP contribution in [0.15, 0.2) is 22.7 Å². The zero-order valence-corrected chi connectivity index (χ0v) is 13.3. The number of nitrogens with zero attached hydrogens (tertiary/aromatic N) is 2. The summed E-state index contributed by atoms with van der Waals surface area (Å²) in [6.45, 7) is 4.86. The Hall–Kier alpha value is -1.13. The number of benzene rings is 1. The van der Waals surface area contributed by atoms with E-state index in [4.69, 9.17) is 5.73 Å². The molecule has 2 aromatic rings. The number of aromatic nitrogens is 2. The number of aryl methyl sites for hydroxylation is 2. The first kappa shape index (κ1) is 14.3. The standard InChI is InChI=1S/C15H20BrN3/c1-10-8-13(16)5-4-12(10)9-14-11(2)18-15(6-7-17)19(14)3/h4-5,8H,6-7,9,17H2,1-3H3. The van der Waals surface area contributed by atoms with Crippen LogP contribution in [0, 0.1) is 13.8 Å². The molecule has 0 amide bonds. The largest absolute Gasteiger partial charge is 0.334 e. The highest BCUT2D eigenvalue weighted by Crippen LogP contribution is 2.21. The van der Waals surface area contributed by atoms with E-state index in [1.165, 1.54) is 16.8 Å². The van der Waals surface area contributed by atoms with Crippen LogP contribution in [0.1, 0.15) is 28.3 Å². The van der Waals surface area contributed by atoms with Gasteiger partial charge in [0.2, 0.25) is 0 Å². The summed E-state index contributed by atoms with van der Waals surface area (Å²) in [5, 5.41) is 0. The Morgan fingerprint density at radius 1 is 1.32 bits per heavy atom. The Kier molecular flexibility index (Phi) is 4.42. The van der Waals surface area contributed by atoms with Gasteiger partial charge in [-0.2, -0.15) is 0 Å². The molecule has 0 radical (unpaired) electrons. The second-order valence-corrected chi connectivity index (χ2v) is 5.82. The van der Waals surface area contributed by atoms with Gasteiger partial charge in [-0.25, -0.2) is 4.98 Å². The molecule has 3 nitrogen and oxygen atoms in total. The molecule has 0 spiro atoms. The van der Waals surface area contributed by atoms with Gasteiger partial charge in [0.1, 0.15) is 5.82 Å². The van der Waals surface area contributed by atoms with Gasteiger partial charge in [-0.3, -0.25) is 0 Å². The van der Waals surface area contributed by atoms with Crippen molar-refractivity contribution in [1.82, 2.24) is 9.55 Å². The average molecular weight is 322 g/mol. The molecule has 0 bridgehead atoms. The van der Waals surface area contributed by atoms with Crippen LogP contribution in [0.25, 0.3) is 0 Å². The lowest BCUT2D eigenvalue weighted by atomic mass is 10.0. The maximum absolute atomic E-state index is 5.62. The second kappa shape index (κ2) is 5.88. The first-order chi connectivity index (χ1) is 9.02. The number of nitrogens with two attached hydrogens (primary N) is 1. The molecular weight excluding hydrogens is 302 g/mol. The van der Waals surface area contributed by atoms with Crippen LogP contribution >= 0.6 is 15.9 Å². The molecule has 0 aliphatic carbocycles. The van der Waals surface area contributed by atoms with Gasteiger partial charge in [-0.1, -0.05) is 22.0 Å². The number of rotatable bonds is 4. The van der Waals surface area contributed by atoms with Gasteiger partial charge in [0, 0.05) is 30.1 Å². The van der Waals surface area contributed by atoms with Crippen LogP contribution in [0.4, 0.5) is 0 Å². The van der Waals surface area contributed by atoms with E-state index in [0.29, 0.717) is 6.54 Å². The zero-order chi connectivity index (χ0) is 14.0. The fourth-order valence-corrected chi connectivity index (χ4v) is 2.84. The molecule has 4 heteroatoms. The van der Waals surface area contributed by atoms with Gasteiger partial charge < -0.3 is 10.3 Å². The van der Waals surface area contributed by atoms with E-state index in [1.807, 2.05) is 0 Å².